The van der Waals surface area contributed by atoms with Crippen molar-refractivity contribution >= 4 is 17.3 Å². The normalized spacial score (nSPS) is 12.9. The van der Waals surface area contributed by atoms with Gasteiger partial charge in [0.25, 0.3) is 0 Å². The molecule has 0 aliphatic rings. The zero-order valence-electron chi connectivity index (χ0n) is 15.5. The Morgan fingerprint density at radius 2 is 1.96 bits per heavy atom. The molecule has 1 unspecified atom stereocenters. The van der Waals surface area contributed by atoms with Crippen molar-refractivity contribution in [2.24, 2.45) is 4.99 Å². The van der Waals surface area contributed by atoms with Crippen molar-refractivity contribution in [3.63, 3.8) is 0 Å². The second kappa shape index (κ2) is 10.2. The molecule has 0 aliphatic carbocycles. The fourth-order valence-electron chi connectivity index (χ4n) is 2.28. The summed E-state index contributed by atoms with van der Waals surface area (Å²) in [7, 11) is 0. The standard InChI is InChI=1S/C18H24F2N4O2S/c1-4-21-18(23-10-16-24-11(2)12(3)27-16)22-9-15(25)13-5-7-14(8-6-13)26-17(19)20/h5-8,15,17,25H,4,9-10H2,1-3H3,(H2,21,22,23). The van der Waals surface area contributed by atoms with E-state index in [1.54, 1.807) is 23.5 Å². The summed E-state index contributed by atoms with van der Waals surface area (Å²) < 4.78 is 28.6. The van der Waals surface area contributed by atoms with E-state index in [1.807, 2.05) is 20.8 Å². The number of rotatable bonds is 8. The smallest absolute Gasteiger partial charge is 0.387 e. The number of aliphatic hydroxyl groups is 1. The number of aryl methyl sites for hydroxylation is 2. The minimum Gasteiger partial charge on any atom is -0.435 e. The molecule has 0 aliphatic heterocycles. The number of nitrogens with zero attached hydrogens (tertiary/aromatic N) is 2. The van der Waals surface area contributed by atoms with E-state index in [0.29, 0.717) is 24.6 Å². The van der Waals surface area contributed by atoms with E-state index in [2.05, 4.69) is 25.3 Å². The van der Waals surface area contributed by atoms with Gasteiger partial charge in [-0.2, -0.15) is 8.78 Å². The number of nitrogens with one attached hydrogen (secondary N) is 2. The lowest BCUT2D eigenvalue weighted by atomic mass is 10.1. The number of hydrogen-bond acceptors (Lipinski definition) is 5. The Labute approximate surface area is 161 Å². The molecular formula is C18H24F2N4O2S. The molecule has 1 atom stereocenters. The number of thiazole rings is 1. The Bertz CT molecular complexity index is 731. The number of hydrogen-bond donors (Lipinski definition) is 3. The molecule has 0 saturated heterocycles. The molecule has 0 bridgehead atoms. The summed E-state index contributed by atoms with van der Waals surface area (Å²) >= 11 is 1.61. The molecule has 0 fully saturated rings. The molecule has 0 amide bonds. The van der Waals surface area contributed by atoms with Crippen molar-refractivity contribution in [1.29, 1.82) is 0 Å². The van der Waals surface area contributed by atoms with E-state index in [0.717, 1.165) is 10.7 Å². The van der Waals surface area contributed by atoms with Crippen LogP contribution in [0.25, 0.3) is 0 Å². The van der Waals surface area contributed by atoms with E-state index in [-0.39, 0.29) is 12.3 Å². The third-order valence-electron chi connectivity index (χ3n) is 3.74. The Hall–Kier alpha value is -2.26. The van der Waals surface area contributed by atoms with Crippen LogP contribution in [0.5, 0.6) is 5.75 Å². The van der Waals surface area contributed by atoms with Crippen molar-refractivity contribution in [3.8, 4) is 5.75 Å². The number of halogens is 2. The molecule has 0 saturated carbocycles. The average Bonchev–Trinajstić information content (AvgIpc) is 2.95. The molecule has 148 valence electrons. The predicted octanol–water partition coefficient (Wildman–Crippen LogP) is 3.15. The molecule has 1 aromatic heterocycles. The van der Waals surface area contributed by atoms with Gasteiger partial charge < -0.3 is 20.5 Å². The number of alkyl halides is 2. The van der Waals surface area contributed by atoms with Crippen LogP contribution in [-0.2, 0) is 6.54 Å². The third kappa shape index (κ3) is 6.76. The summed E-state index contributed by atoms with van der Waals surface area (Å²) in [5.41, 5.74) is 1.60. The maximum absolute atomic E-state index is 12.2. The average molecular weight is 398 g/mol. The first kappa shape index (κ1) is 21.0. The van der Waals surface area contributed by atoms with Crippen LogP contribution >= 0.6 is 11.3 Å². The van der Waals surface area contributed by atoms with E-state index in [9.17, 15) is 13.9 Å². The minimum atomic E-state index is -2.87. The first-order valence-corrected chi connectivity index (χ1v) is 9.38. The quantitative estimate of drug-likeness (QED) is 0.470. The summed E-state index contributed by atoms with van der Waals surface area (Å²) in [6.07, 6.45) is -0.821. The Balaban J connectivity index is 1.92. The highest BCUT2D eigenvalue weighted by Gasteiger charge is 2.10. The van der Waals surface area contributed by atoms with Crippen LogP contribution < -0.4 is 15.4 Å². The van der Waals surface area contributed by atoms with Crippen LogP contribution in [0.1, 0.15) is 34.2 Å². The monoisotopic (exact) mass is 398 g/mol. The van der Waals surface area contributed by atoms with Crippen LogP contribution in [0.3, 0.4) is 0 Å². The highest BCUT2D eigenvalue weighted by Crippen LogP contribution is 2.19. The van der Waals surface area contributed by atoms with Crippen LogP contribution in [0.15, 0.2) is 29.3 Å². The van der Waals surface area contributed by atoms with Gasteiger partial charge in [-0.25, -0.2) is 9.98 Å². The lowest BCUT2D eigenvalue weighted by Crippen LogP contribution is -2.39. The van der Waals surface area contributed by atoms with E-state index >= 15 is 0 Å². The fraction of sp³-hybridized carbons (Fsp3) is 0.444. The van der Waals surface area contributed by atoms with E-state index < -0.39 is 12.7 Å². The molecule has 1 heterocycles. The number of benzene rings is 1. The van der Waals surface area contributed by atoms with Crippen molar-refractivity contribution in [2.75, 3.05) is 13.1 Å². The van der Waals surface area contributed by atoms with Crippen LogP contribution in [0.2, 0.25) is 0 Å². The number of aliphatic hydroxyl groups excluding tert-OH is 1. The maximum Gasteiger partial charge on any atom is 0.387 e. The largest absolute Gasteiger partial charge is 0.435 e. The van der Waals surface area contributed by atoms with Crippen molar-refractivity contribution < 1.29 is 18.6 Å². The van der Waals surface area contributed by atoms with Gasteiger partial charge in [-0.3, -0.25) is 0 Å². The van der Waals surface area contributed by atoms with Gasteiger partial charge in [0.15, 0.2) is 5.96 Å². The zero-order chi connectivity index (χ0) is 19.8. The molecule has 1 aromatic carbocycles. The van der Waals surface area contributed by atoms with E-state index in [1.165, 1.54) is 17.0 Å². The molecule has 0 spiro atoms. The molecule has 27 heavy (non-hydrogen) atoms. The Morgan fingerprint density at radius 3 is 2.52 bits per heavy atom. The van der Waals surface area contributed by atoms with Crippen molar-refractivity contribution in [1.82, 2.24) is 15.6 Å². The van der Waals surface area contributed by atoms with Gasteiger partial charge in [0, 0.05) is 18.0 Å². The highest BCUT2D eigenvalue weighted by molar-refractivity contribution is 7.11. The number of guanidine groups is 1. The lowest BCUT2D eigenvalue weighted by Gasteiger charge is -2.16. The summed E-state index contributed by atoms with van der Waals surface area (Å²) in [5.74, 6) is 0.623. The first-order valence-electron chi connectivity index (χ1n) is 8.57. The molecule has 0 radical (unpaired) electrons. The minimum absolute atomic E-state index is 0.0536. The highest BCUT2D eigenvalue weighted by atomic mass is 32.1. The SMILES string of the molecule is CCNC(=NCc1nc(C)c(C)s1)NCC(O)c1ccc(OC(F)F)cc1. The van der Waals surface area contributed by atoms with Crippen LogP contribution in [-0.4, -0.2) is 35.8 Å². The number of aromatic nitrogens is 1. The van der Waals surface area contributed by atoms with Crippen molar-refractivity contribution in [3.05, 3.63) is 45.4 Å². The second-order valence-corrected chi connectivity index (χ2v) is 7.08. The fourth-order valence-corrected chi connectivity index (χ4v) is 3.14. The maximum atomic E-state index is 12.2. The predicted molar refractivity (Wildman–Crippen MR) is 102 cm³/mol. The van der Waals surface area contributed by atoms with E-state index in [4.69, 9.17) is 0 Å². The zero-order valence-corrected chi connectivity index (χ0v) is 16.3. The number of aliphatic imine (C=N–C) groups is 1. The molecule has 3 N–H and O–H groups in total. The summed E-state index contributed by atoms with van der Waals surface area (Å²) in [6, 6.07) is 5.90. The first-order chi connectivity index (χ1) is 12.9. The molecular weight excluding hydrogens is 374 g/mol. The Kier molecular flexibility index (Phi) is 7.93. The third-order valence-corrected chi connectivity index (χ3v) is 4.80. The summed E-state index contributed by atoms with van der Waals surface area (Å²) in [4.78, 5) is 10.1. The van der Waals surface area contributed by atoms with Gasteiger partial charge in [-0.05, 0) is 38.5 Å². The van der Waals surface area contributed by atoms with Gasteiger partial charge in [-0.1, -0.05) is 12.1 Å². The van der Waals surface area contributed by atoms with Crippen molar-refractivity contribution in [2.45, 2.75) is 40.0 Å². The molecule has 9 heteroatoms. The van der Waals surface area contributed by atoms with Gasteiger partial charge in [-0.15, -0.1) is 11.3 Å². The van der Waals surface area contributed by atoms with Crippen LogP contribution in [0, 0.1) is 13.8 Å². The molecule has 6 nitrogen and oxygen atoms in total. The summed E-state index contributed by atoms with van der Waals surface area (Å²) in [6.45, 7) is 4.42. The summed E-state index contributed by atoms with van der Waals surface area (Å²) in [5, 5.41) is 17.4. The number of ether oxygens (including phenoxy) is 1. The van der Waals surface area contributed by atoms with Crippen LogP contribution in [0.4, 0.5) is 8.78 Å². The van der Waals surface area contributed by atoms with Gasteiger partial charge in [0.2, 0.25) is 0 Å². The van der Waals surface area contributed by atoms with Gasteiger partial charge >= 0.3 is 6.61 Å². The lowest BCUT2D eigenvalue weighted by molar-refractivity contribution is -0.0498. The molecule has 2 aromatic rings. The molecule has 2 rings (SSSR count). The topological polar surface area (TPSA) is 78.8 Å². The van der Waals surface area contributed by atoms with Gasteiger partial charge in [0.05, 0.1) is 18.3 Å². The van der Waals surface area contributed by atoms with Gasteiger partial charge in [0.1, 0.15) is 10.8 Å². The Morgan fingerprint density at radius 1 is 1.26 bits per heavy atom. The second-order valence-electron chi connectivity index (χ2n) is 5.79.